The Kier molecular flexibility index (Phi) is 3.46. The minimum atomic E-state index is -0.114. The maximum atomic E-state index is 11.8. The fraction of sp³-hybridized carbons (Fsp3) is 0.286. The molecule has 0 fully saturated rings. The van der Waals surface area contributed by atoms with Gasteiger partial charge in [0.25, 0.3) is 5.56 Å². The third-order valence-electron chi connectivity index (χ3n) is 2.95. The second-order valence-corrected chi connectivity index (χ2v) is 4.47. The lowest BCUT2D eigenvalue weighted by Gasteiger charge is -2.14. The summed E-state index contributed by atoms with van der Waals surface area (Å²) in [5.41, 5.74) is 2.24. The molecule has 0 spiro atoms. The van der Waals surface area contributed by atoms with Gasteiger partial charge in [-0.3, -0.25) is 4.79 Å². The number of anilines is 1. The maximum Gasteiger partial charge on any atom is 0.293 e. The van der Waals surface area contributed by atoms with E-state index >= 15 is 0 Å². The van der Waals surface area contributed by atoms with Gasteiger partial charge in [0.05, 0.1) is 6.04 Å². The van der Waals surface area contributed by atoms with Gasteiger partial charge in [0.1, 0.15) is 0 Å². The number of hydrogen-bond acceptors (Lipinski definition) is 3. The van der Waals surface area contributed by atoms with E-state index < -0.39 is 0 Å². The van der Waals surface area contributed by atoms with Crippen LogP contribution in [0.25, 0.3) is 0 Å². The van der Waals surface area contributed by atoms with Crippen molar-refractivity contribution in [3.05, 3.63) is 58.1 Å². The average molecular weight is 243 g/mol. The third-order valence-corrected chi connectivity index (χ3v) is 2.95. The molecular formula is C14H17N3O. The highest BCUT2D eigenvalue weighted by Gasteiger charge is 2.08. The van der Waals surface area contributed by atoms with E-state index in [4.69, 9.17) is 0 Å². The van der Waals surface area contributed by atoms with Crippen LogP contribution in [-0.2, 0) is 7.05 Å². The molecule has 0 bridgehead atoms. The summed E-state index contributed by atoms with van der Waals surface area (Å²) < 4.78 is 1.51. The molecule has 1 aromatic carbocycles. The average Bonchev–Trinajstić information content (AvgIpc) is 2.36. The van der Waals surface area contributed by atoms with Crippen molar-refractivity contribution >= 4 is 5.82 Å². The van der Waals surface area contributed by atoms with Gasteiger partial charge in [0.2, 0.25) is 0 Å². The van der Waals surface area contributed by atoms with Crippen molar-refractivity contribution in [2.24, 2.45) is 7.05 Å². The molecule has 4 nitrogen and oxygen atoms in total. The minimum absolute atomic E-state index is 0.0493. The van der Waals surface area contributed by atoms with Crippen molar-refractivity contribution in [2.75, 3.05) is 5.32 Å². The number of nitrogens with one attached hydrogen (secondary N) is 1. The van der Waals surface area contributed by atoms with Gasteiger partial charge in [0, 0.05) is 19.4 Å². The van der Waals surface area contributed by atoms with Gasteiger partial charge in [0.15, 0.2) is 5.82 Å². The van der Waals surface area contributed by atoms with E-state index in [1.54, 1.807) is 19.4 Å². The number of benzene rings is 1. The Morgan fingerprint density at radius 2 is 1.94 bits per heavy atom. The van der Waals surface area contributed by atoms with Crippen molar-refractivity contribution in [1.29, 1.82) is 0 Å². The summed E-state index contributed by atoms with van der Waals surface area (Å²) in [5.74, 6) is 0.382. The van der Waals surface area contributed by atoms with E-state index in [1.807, 2.05) is 6.92 Å². The summed E-state index contributed by atoms with van der Waals surface area (Å²) in [5, 5.41) is 3.14. The van der Waals surface area contributed by atoms with Crippen LogP contribution in [0.1, 0.15) is 24.1 Å². The van der Waals surface area contributed by atoms with Crippen LogP contribution >= 0.6 is 0 Å². The van der Waals surface area contributed by atoms with E-state index in [0.717, 1.165) is 5.56 Å². The number of nitrogens with zero attached hydrogens (tertiary/aromatic N) is 2. The molecule has 0 aliphatic carbocycles. The molecule has 1 heterocycles. The lowest BCUT2D eigenvalue weighted by Crippen LogP contribution is -2.23. The molecular weight excluding hydrogens is 226 g/mol. The van der Waals surface area contributed by atoms with Crippen LogP contribution in [0.4, 0.5) is 5.82 Å². The van der Waals surface area contributed by atoms with Crippen LogP contribution in [0.5, 0.6) is 0 Å². The van der Waals surface area contributed by atoms with Crippen molar-refractivity contribution < 1.29 is 0 Å². The van der Waals surface area contributed by atoms with Gasteiger partial charge in [-0.05, 0) is 19.4 Å². The first-order chi connectivity index (χ1) is 8.58. The zero-order chi connectivity index (χ0) is 13.1. The van der Waals surface area contributed by atoms with Gasteiger partial charge in [-0.15, -0.1) is 0 Å². The van der Waals surface area contributed by atoms with Gasteiger partial charge < -0.3 is 9.88 Å². The van der Waals surface area contributed by atoms with Crippen LogP contribution in [-0.4, -0.2) is 9.55 Å². The maximum absolute atomic E-state index is 11.8. The molecule has 2 aromatic rings. The highest BCUT2D eigenvalue weighted by molar-refractivity contribution is 5.36. The minimum Gasteiger partial charge on any atom is -0.359 e. The Labute approximate surface area is 106 Å². The monoisotopic (exact) mass is 243 g/mol. The highest BCUT2D eigenvalue weighted by atomic mass is 16.1. The summed E-state index contributed by atoms with van der Waals surface area (Å²) in [6.45, 7) is 4.06. The molecule has 18 heavy (non-hydrogen) atoms. The lowest BCUT2D eigenvalue weighted by molar-refractivity contribution is 0.813. The molecule has 0 radical (unpaired) electrons. The Morgan fingerprint density at radius 1 is 1.28 bits per heavy atom. The molecule has 1 unspecified atom stereocenters. The Hall–Kier alpha value is -2.10. The molecule has 1 atom stereocenters. The fourth-order valence-electron chi connectivity index (χ4n) is 1.74. The smallest absolute Gasteiger partial charge is 0.293 e. The van der Waals surface area contributed by atoms with Gasteiger partial charge in [-0.2, -0.15) is 0 Å². The lowest BCUT2D eigenvalue weighted by atomic mass is 10.1. The van der Waals surface area contributed by atoms with Crippen molar-refractivity contribution in [3.63, 3.8) is 0 Å². The van der Waals surface area contributed by atoms with Gasteiger partial charge in [-0.25, -0.2) is 4.98 Å². The molecule has 0 amide bonds. The SMILES string of the molecule is Cc1ccc(C(C)Nc2nccn(C)c2=O)cc1. The normalized spacial score (nSPS) is 12.2. The van der Waals surface area contributed by atoms with Crippen molar-refractivity contribution in [2.45, 2.75) is 19.9 Å². The Bertz CT molecular complexity index is 587. The van der Waals surface area contributed by atoms with E-state index in [0.29, 0.717) is 5.82 Å². The first-order valence-corrected chi connectivity index (χ1v) is 5.92. The number of aromatic nitrogens is 2. The van der Waals surface area contributed by atoms with Crippen molar-refractivity contribution in [1.82, 2.24) is 9.55 Å². The van der Waals surface area contributed by atoms with Gasteiger partial charge >= 0.3 is 0 Å². The Morgan fingerprint density at radius 3 is 2.61 bits per heavy atom. The quantitative estimate of drug-likeness (QED) is 0.899. The molecule has 0 saturated carbocycles. The first-order valence-electron chi connectivity index (χ1n) is 5.92. The third kappa shape index (κ3) is 2.59. The van der Waals surface area contributed by atoms with Crippen LogP contribution in [0, 0.1) is 6.92 Å². The molecule has 1 aromatic heterocycles. The molecule has 2 rings (SSSR count). The number of hydrogen-bond donors (Lipinski definition) is 1. The molecule has 94 valence electrons. The largest absolute Gasteiger partial charge is 0.359 e. The van der Waals surface area contributed by atoms with Gasteiger partial charge in [-0.1, -0.05) is 29.8 Å². The van der Waals surface area contributed by atoms with E-state index in [9.17, 15) is 4.79 Å². The highest BCUT2D eigenvalue weighted by Crippen LogP contribution is 2.16. The topological polar surface area (TPSA) is 46.9 Å². The van der Waals surface area contributed by atoms with Crippen LogP contribution in [0.15, 0.2) is 41.5 Å². The second-order valence-electron chi connectivity index (χ2n) is 4.47. The standard InChI is InChI=1S/C14H17N3O/c1-10-4-6-12(7-5-10)11(2)16-13-14(18)17(3)9-8-15-13/h4-9,11H,1-3H3,(H,15,16). The Balaban J connectivity index is 2.21. The van der Waals surface area contributed by atoms with E-state index in [1.165, 1.54) is 10.1 Å². The van der Waals surface area contributed by atoms with Crippen LogP contribution < -0.4 is 10.9 Å². The van der Waals surface area contributed by atoms with E-state index in [-0.39, 0.29) is 11.6 Å². The van der Waals surface area contributed by atoms with Crippen LogP contribution in [0.2, 0.25) is 0 Å². The van der Waals surface area contributed by atoms with E-state index in [2.05, 4.69) is 41.5 Å². The second kappa shape index (κ2) is 5.04. The van der Waals surface area contributed by atoms with Crippen molar-refractivity contribution in [3.8, 4) is 0 Å². The molecule has 0 aliphatic heterocycles. The predicted molar refractivity (Wildman–Crippen MR) is 72.7 cm³/mol. The molecule has 0 saturated heterocycles. The predicted octanol–water partition coefficient (Wildman–Crippen LogP) is 2.26. The first kappa shape index (κ1) is 12.4. The molecule has 0 aliphatic rings. The summed E-state index contributed by atoms with van der Waals surface area (Å²) in [6.07, 6.45) is 3.26. The fourth-order valence-corrected chi connectivity index (χ4v) is 1.74. The number of aryl methyl sites for hydroxylation is 2. The summed E-state index contributed by atoms with van der Waals surface area (Å²) in [7, 11) is 1.71. The zero-order valence-electron chi connectivity index (χ0n) is 10.8. The number of rotatable bonds is 3. The summed E-state index contributed by atoms with van der Waals surface area (Å²) >= 11 is 0. The molecule has 4 heteroatoms. The summed E-state index contributed by atoms with van der Waals surface area (Å²) in [4.78, 5) is 15.9. The summed E-state index contributed by atoms with van der Waals surface area (Å²) in [6, 6.07) is 8.28. The van der Waals surface area contributed by atoms with Crippen LogP contribution in [0.3, 0.4) is 0 Å². The molecule has 1 N–H and O–H groups in total. The zero-order valence-corrected chi connectivity index (χ0v) is 10.8.